The first-order valence-electron chi connectivity index (χ1n) is 11.9. The summed E-state index contributed by atoms with van der Waals surface area (Å²) in [5.41, 5.74) is 1.03. The van der Waals surface area contributed by atoms with Crippen molar-refractivity contribution in [1.29, 1.82) is 0 Å². The topological polar surface area (TPSA) is 59.1 Å². The molecule has 0 unspecified atom stereocenters. The van der Waals surface area contributed by atoms with Gasteiger partial charge in [0, 0.05) is 0 Å². The van der Waals surface area contributed by atoms with Crippen LogP contribution in [0.25, 0.3) is 0 Å². The maximum Gasteiger partial charge on any atom is 0.267 e. The number of amides is 2. The Morgan fingerprint density at radius 2 is 1.41 bits per heavy atom. The fourth-order valence-corrected chi connectivity index (χ4v) is 5.41. The molecular formula is C30H23FN2O4. The highest BCUT2D eigenvalue weighted by Gasteiger charge is 2.72. The number of rotatable bonds is 5. The van der Waals surface area contributed by atoms with Gasteiger partial charge in [-0.25, -0.2) is 14.4 Å². The molecule has 4 aromatic carbocycles. The van der Waals surface area contributed by atoms with E-state index in [1.807, 2.05) is 84.9 Å². The second-order valence-corrected chi connectivity index (χ2v) is 9.01. The molecule has 0 aliphatic carbocycles. The number of ether oxygens (including phenoxy) is 1. The van der Waals surface area contributed by atoms with E-state index in [4.69, 9.17) is 9.57 Å². The highest BCUT2D eigenvalue weighted by atomic mass is 19.1. The SMILES string of the molecule is COc1ccc([C@H]2N(c3ccccc3)O[C@@H]3C(=O)N(c4ccc(F)cc4)C(=O)[C@]32c2ccccc2)cc1. The molecular weight excluding hydrogens is 471 g/mol. The molecule has 0 spiro atoms. The predicted molar refractivity (Wildman–Crippen MR) is 137 cm³/mol. The summed E-state index contributed by atoms with van der Waals surface area (Å²) in [5, 5.41) is 1.66. The molecule has 37 heavy (non-hydrogen) atoms. The van der Waals surface area contributed by atoms with Crippen LogP contribution in [0, 0.1) is 5.82 Å². The Kier molecular flexibility index (Phi) is 5.50. The van der Waals surface area contributed by atoms with E-state index in [0.29, 0.717) is 22.7 Å². The Hall–Kier alpha value is -4.49. The summed E-state index contributed by atoms with van der Waals surface area (Å²) in [5.74, 6) is -0.721. The van der Waals surface area contributed by atoms with Gasteiger partial charge in [0.1, 0.15) is 23.0 Å². The van der Waals surface area contributed by atoms with Crippen LogP contribution in [0.2, 0.25) is 0 Å². The minimum Gasteiger partial charge on any atom is -0.497 e. The van der Waals surface area contributed by atoms with Crippen LogP contribution in [-0.2, 0) is 19.8 Å². The lowest BCUT2D eigenvalue weighted by Gasteiger charge is -2.35. The molecule has 6 nitrogen and oxygen atoms in total. The van der Waals surface area contributed by atoms with Crippen molar-refractivity contribution in [3.05, 3.63) is 126 Å². The zero-order chi connectivity index (χ0) is 25.6. The zero-order valence-electron chi connectivity index (χ0n) is 20.0. The number of nitrogens with zero attached hydrogens (tertiary/aromatic N) is 2. The van der Waals surface area contributed by atoms with E-state index >= 15 is 0 Å². The Labute approximate surface area is 213 Å². The second-order valence-electron chi connectivity index (χ2n) is 9.01. The van der Waals surface area contributed by atoms with Crippen LogP contribution in [0.15, 0.2) is 109 Å². The van der Waals surface area contributed by atoms with Crippen molar-refractivity contribution in [1.82, 2.24) is 0 Å². The molecule has 0 radical (unpaired) electrons. The van der Waals surface area contributed by atoms with E-state index in [0.717, 1.165) is 10.5 Å². The Morgan fingerprint density at radius 1 is 0.784 bits per heavy atom. The van der Waals surface area contributed by atoms with Gasteiger partial charge in [-0.05, 0) is 59.7 Å². The molecule has 2 saturated heterocycles. The Morgan fingerprint density at radius 3 is 2.03 bits per heavy atom. The number of methoxy groups -OCH3 is 1. The smallest absolute Gasteiger partial charge is 0.267 e. The number of carbonyl (C=O) groups is 2. The predicted octanol–water partition coefficient (Wildman–Crippen LogP) is 5.21. The van der Waals surface area contributed by atoms with Crippen molar-refractivity contribution in [3.8, 4) is 5.75 Å². The summed E-state index contributed by atoms with van der Waals surface area (Å²) in [6, 6.07) is 30.7. The normalized spacial score (nSPS) is 22.9. The van der Waals surface area contributed by atoms with Gasteiger partial charge in [0.15, 0.2) is 6.10 Å². The molecule has 2 amide bonds. The number of anilines is 2. The number of hydrogen-bond donors (Lipinski definition) is 0. The molecule has 4 aromatic rings. The van der Waals surface area contributed by atoms with Crippen LogP contribution < -0.4 is 14.7 Å². The quantitative estimate of drug-likeness (QED) is 0.357. The first kappa shape index (κ1) is 22.9. The lowest BCUT2D eigenvalue weighted by molar-refractivity contribution is -0.126. The molecule has 2 aliphatic rings. The summed E-state index contributed by atoms with van der Waals surface area (Å²) in [6.07, 6.45) is -1.14. The van der Waals surface area contributed by atoms with Crippen LogP contribution >= 0.6 is 0 Å². The van der Waals surface area contributed by atoms with Crippen LogP contribution in [0.5, 0.6) is 5.75 Å². The molecule has 2 fully saturated rings. The number of hydrogen-bond acceptors (Lipinski definition) is 5. The van der Waals surface area contributed by atoms with Crippen LogP contribution in [0.4, 0.5) is 15.8 Å². The molecule has 184 valence electrons. The van der Waals surface area contributed by atoms with E-state index in [1.165, 1.54) is 24.3 Å². The van der Waals surface area contributed by atoms with Crippen molar-refractivity contribution in [2.45, 2.75) is 17.6 Å². The first-order chi connectivity index (χ1) is 18.1. The van der Waals surface area contributed by atoms with Gasteiger partial charge in [0.2, 0.25) is 5.91 Å². The monoisotopic (exact) mass is 494 g/mol. The van der Waals surface area contributed by atoms with E-state index in [2.05, 4.69) is 0 Å². The number of carbonyl (C=O) groups excluding carboxylic acids is 2. The Bertz CT molecular complexity index is 1440. The number of para-hydroxylation sites is 1. The summed E-state index contributed by atoms with van der Waals surface area (Å²) < 4.78 is 19.1. The third-order valence-corrected chi connectivity index (χ3v) is 7.08. The standard InChI is InChI=1S/C30H23FN2O4/c1-36-25-18-12-20(13-19-25)26-30(21-8-4-2-5-9-21)27(37-33(26)24-10-6-3-7-11-24)28(34)32(29(30)35)23-16-14-22(31)15-17-23/h2-19,26-27H,1H3/t26-,27-,30+/m1/s1. The van der Waals surface area contributed by atoms with Gasteiger partial charge in [0.05, 0.1) is 18.5 Å². The van der Waals surface area contributed by atoms with E-state index in [-0.39, 0.29) is 0 Å². The average molecular weight is 495 g/mol. The maximum atomic E-state index is 14.6. The van der Waals surface area contributed by atoms with Crippen LogP contribution in [-0.4, -0.2) is 25.0 Å². The van der Waals surface area contributed by atoms with Crippen molar-refractivity contribution >= 4 is 23.2 Å². The lowest BCUT2D eigenvalue weighted by atomic mass is 9.69. The van der Waals surface area contributed by atoms with Crippen molar-refractivity contribution in [2.75, 3.05) is 17.1 Å². The van der Waals surface area contributed by atoms with Gasteiger partial charge in [-0.1, -0.05) is 60.7 Å². The lowest BCUT2D eigenvalue weighted by Crippen LogP contribution is -2.46. The maximum absolute atomic E-state index is 14.6. The molecule has 0 N–H and O–H groups in total. The number of imide groups is 1. The summed E-state index contributed by atoms with van der Waals surface area (Å²) in [4.78, 5) is 36.1. The number of fused-ring (bicyclic) bond motifs is 1. The van der Waals surface area contributed by atoms with Gasteiger partial charge < -0.3 is 4.74 Å². The van der Waals surface area contributed by atoms with Gasteiger partial charge in [-0.15, -0.1) is 0 Å². The minimum atomic E-state index is -1.41. The largest absolute Gasteiger partial charge is 0.497 e. The van der Waals surface area contributed by atoms with Crippen molar-refractivity contribution < 1.29 is 23.6 Å². The summed E-state index contributed by atoms with van der Waals surface area (Å²) in [6.45, 7) is 0. The van der Waals surface area contributed by atoms with E-state index in [1.54, 1.807) is 12.2 Å². The van der Waals surface area contributed by atoms with Gasteiger partial charge >= 0.3 is 0 Å². The third-order valence-electron chi connectivity index (χ3n) is 7.08. The molecule has 2 heterocycles. The molecule has 0 saturated carbocycles. The molecule has 6 rings (SSSR count). The molecule has 0 bridgehead atoms. The molecule has 7 heteroatoms. The fourth-order valence-electron chi connectivity index (χ4n) is 5.41. The Balaban J connectivity index is 1.60. The summed E-state index contributed by atoms with van der Waals surface area (Å²) in [7, 11) is 1.59. The van der Waals surface area contributed by atoms with E-state index in [9.17, 15) is 14.0 Å². The average Bonchev–Trinajstić information content (AvgIpc) is 3.41. The second kappa shape index (κ2) is 8.87. The van der Waals surface area contributed by atoms with Gasteiger partial charge in [0.25, 0.3) is 5.91 Å². The van der Waals surface area contributed by atoms with Crippen LogP contribution in [0.3, 0.4) is 0 Å². The van der Waals surface area contributed by atoms with Gasteiger partial charge in [-0.3, -0.25) is 14.4 Å². The number of hydroxylamine groups is 1. The fraction of sp³-hybridized carbons (Fsp3) is 0.133. The summed E-state index contributed by atoms with van der Waals surface area (Å²) >= 11 is 0. The van der Waals surface area contributed by atoms with Crippen molar-refractivity contribution in [2.24, 2.45) is 0 Å². The van der Waals surface area contributed by atoms with Crippen LogP contribution in [0.1, 0.15) is 17.2 Å². The number of benzene rings is 4. The van der Waals surface area contributed by atoms with Gasteiger partial charge in [-0.2, -0.15) is 0 Å². The molecule has 3 atom stereocenters. The van der Waals surface area contributed by atoms with E-state index < -0.39 is 35.2 Å². The zero-order valence-corrected chi connectivity index (χ0v) is 20.0. The highest BCUT2D eigenvalue weighted by Crippen LogP contribution is 2.57. The first-order valence-corrected chi connectivity index (χ1v) is 11.9. The highest BCUT2D eigenvalue weighted by molar-refractivity contribution is 6.28. The van der Waals surface area contributed by atoms with Crippen molar-refractivity contribution in [3.63, 3.8) is 0 Å². The molecule has 0 aromatic heterocycles. The minimum absolute atomic E-state index is 0.296. The number of halogens is 1. The molecule has 2 aliphatic heterocycles. The third kappa shape index (κ3) is 3.42.